The summed E-state index contributed by atoms with van der Waals surface area (Å²) < 4.78 is 4.94. The molecule has 0 aromatic carbocycles. The molecule has 1 saturated carbocycles. The minimum absolute atomic E-state index is 0.0703. The van der Waals surface area contributed by atoms with E-state index in [9.17, 15) is 4.79 Å². The molecule has 1 rings (SSSR count). The molecule has 1 atom stereocenters. The van der Waals surface area contributed by atoms with Gasteiger partial charge in [0, 0.05) is 12.1 Å². The molecule has 0 saturated heterocycles. The van der Waals surface area contributed by atoms with Crippen molar-refractivity contribution >= 4 is 5.97 Å². The lowest BCUT2D eigenvalue weighted by molar-refractivity contribution is -0.143. The quantitative estimate of drug-likeness (QED) is 0.636. The smallest absolute Gasteiger partial charge is 0.307 e. The van der Waals surface area contributed by atoms with Gasteiger partial charge in [0.25, 0.3) is 0 Å². The Hall–Kier alpha value is -0.570. The van der Waals surface area contributed by atoms with E-state index in [4.69, 9.17) is 4.74 Å². The van der Waals surface area contributed by atoms with Crippen molar-refractivity contribution in [2.75, 3.05) is 6.61 Å². The second kappa shape index (κ2) is 6.02. The molecule has 0 radical (unpaired) electrons. The Morgan fingerprint density at radius 3 is 2.71 bits per heavy atom. The van der Waals surface area contributed by atoms with Crippen LogP contribution in [-0.4, -0.2) is 24.7 Å². The van der Waals surface area contributed by atoms with Crippen molar-refractivity contribution in [1.82, 2.24) is 5.32 Å². The Kier molecular flexibility index (Phi) is 4.94. The monoisotopic (exact) mass is 199 g/mol. The maximum atomic E-state index is 11.3. The lowest BCUT2D eigenvalue weighted by Gasteiger charge is -2.16. The van der Waals surface area contributed by atoms with E-state index in [1.807, 2.05) is 6.92 Å². The highest BCUT2D eigenvalue weighted by Crippen LogP contribution is 2.21. The van der Waals surface area contributed by atoms with Crippen LogP contribution in [0, 0.1) is 0 Å². The molecule has 0 amide bonds. The predicted octanol–water partition coefficient (Wildman–Crippen LogP) is 1.86. The van der Waals surface area contributed by atoms with Crippen LogP contribution in [0.1, 0.15) is 46.0 Å². The third-order valence-corrected chi connectivity index (χ3v) is 2.40. The van der Waals surface area contributed by atoms with Gasteiger partial charge in [-0.15, -0.1) is 0 Å². The lowest BCUT2D eigenvalue weighted by Crippen LogP contribution is -2.33. The van der Waals surface area contributed by atoms with E-state index in [-0.39, 0.29) is 5.97 Å². The zero-order valence-electron chi connectivity index (χ0n) is 9.21. The summed E-state index contributed by atoms with van der Waals surface area (Å²) in [7, 11) is 0. The summed E-state index contributed by atoms with van der Waals surface area (Å²) in [6.07, 6.45) is 5.24. The standard InChI is InChI=1S/C11H21NO2/c1-3-5-10(12-9-6-7-9)8-11(13)14-4-2/h9-10,12H,3-8H2,1-2H3. The summed E-state index contributed by atoms with van der Waals surface area (Å²) in [5.74, 6) is -0.0703. The van der Waals surface area contributed by atoms with Gasteiger partial charge in [-0.25, -0.2) is 0 Å². The van der Waals surface area contributed by atoms with E-state index in [2.05, 4.69) is 12.2 Å². The fourth-order valence-corrected chi connectivity index (χ4v) is 1.60. The van der Waals surface area contributed by atoms with Crippen molar-refractivity contribution in [2.24, 2.45) is 0 Å². The van der Waals surface area contributed by atoms with Crippen LogP contribution in [0.4, 0.5) is 0 Å². The zero-order chi connectivity index (χ0) is 10.4. The first-order valence-electron chi connectivity index (χ1n) is 5.68. The summed E-state index contributed by atoms with van der Waals surface area (Å²) in [4.78, 5) is 11.3. The topological polar surface area (TPSA) is 38.3 Å². The van der Waals surface area contributed by atoms with Gasteiger partial charge in [0.1, 0.15) is 0 Å². The molecule has 1 fully saturated rings. The van der Waals surface area contributed by atoms with E-state index >= 15 is 0 Å². The molecule has 3 heteroatoms. The van der Waals surface area contributed by atoms with Crippen molar-refractivity contribution in [2.45, 2.75) is 58.0 Å². The lowest BCUT2D eigenvalue weighted by atomic mass is 10.1. The van der Waals surface area contributed by atoms with Crippen molar-refractivity contribution in [3.63, 3.8) is 0 Å². The zero-order valence-corrected chi connectivity index (χ0v) is 9.21. The Bertz CT molecular complexity index is 178. The second-order valence-electron chi connectivity index (χ2n) is 3.94. The largest absolute Gasteiger partial charge is 0.466 e. The maximum Gasteiger partial charge on any atom is 0.307 e. The number of carbonyl (C=O) groups is 1. The molecule has 1 aliphatic carbocycles. The molecular weight excluding hydrogens is 178 g/mol. The highest BCUT2D eigenvalue weighted by Gasteiger charge is 2.25. The summed E-state index contributed by atoms with van der Waals surface area (Å²) in [5.41, 5.74) is 0. The number of ether oxygens (including phenoxy) is 1. The highest BCUT2D eigenvalue weighted by atomic mass is 16.5. The number of rotatable bonds is 7. The summed E-state index contributed by atoms with van der Waals surface area (Å²) in [5, 5.41) is 3.48. The molecule has 1 unspecified atom stereocenters. The average molecular weight is 199 g/mol. The van der Waals surface area contributed by atoms with E-state index in [0.29, 0.717) is 25.1 Å². The van der Waals surface area contributed by atoms with Crippen LogP contribution < -0.4 is 5.32 Å². The number of carbonyl (C=O) groups excluding carboxylic acids is 1. The van der Waals surface area contributed by atoms with Gasteiger partial charge < -0.3 is 10.1 Å². The predicted molar refractivity (Wildman–Crippen MR) is 56.1 cm³/mol. The minimum Gasteiger partial charge on any atom is -0.466 e. The Balaban J connectivity index is 2.21. The van der Waals surface area contributed by atoms with Crippen molar-refractivity contribution in [3.8, 4) is 0 Å². The first-order valence-corrected chi connectivity index (χ1v) is 5.68. The number of hydrogen-bond acceptors (Lipinski definition) is 3. The normalized spacial score (nSPS) is 17.9. The van der Waals surface area contributed by atoms with Crippen molar-refractivity contribution in [3.05, 3.63) is 0 Å². The first kappa shape index (κ1) is 11.5. The van der Waals surface area contributed by atoms with Gasteiger partial charge in [-0.2, -0.15) is 0 Å². The van der Waals surface area contributed by atoms with Crippen LogP contribution in [0.2, 0.25) is 0 Å². The van der Waals surface area contributed by atoms with Crippen LogP contribution in [0.25, 0.3) is 0 Å². The van der Waals surface area contributed by atoms with Crippen LogP contribution >= 0.6 is 0 Å². The highest BCUT2D eigenvalue weighted by molar-refractivity contribution is 5.70. The summed E-state index contributed by atoms with van der Waals surface area (Å²) >= 11 is 0. The van der Waals surface area contributed by atoms with E-state index in [1.54, 1.807) is 0 Å². The van der Waals surface area contributed by atoms with Crippen LogP contribution in [0.15, 0.2) is 0 Å². The van der Waals surface area contributed by atoms with Crippen molar-refractivity contribution < 1.29 is 9.53 Å². The van der Waals surface area contributed by atoms with Gasteiger partial charge in [-0.3, -0.25) is 4.79 Å². The Morgan fingerprint density at radius 2 is 2.21 bits per heavy atom. The van der Waals surface area contributed by atoms with E-state index < -0.39 is 0 Å². The van der Waals surface area contributed by atoms with E-state index in [0.717, 1.165) is 12.8 Å². The molecule has 1 N–H and O–H groups in total. The number of hydrogen-bond donors (Lipinski definition) is 1. The molecule has 3 nitrogen and oxygen atoms in total. The fraction of sp³-hybridized carbons (Fsp3) is 0.909. The van der Waals surface area contributed by atoms with Gasteiger partial charge in [0.05, 0.1) is 13.0 Å². The van der Waals surface area contributed by atoms with Gasteiger partial charge in [0.2, 0.25) is 0 Å². The Labute approximate surface area is 86.2 Å². The minimum atomic E-state index is -0.0703. The summed E-state index contributed by atoms with van der Waals surface area (Å²) in [6, 6.07) is 0.993. The molecule has 0 aromatic rings. The Morgan fingerprint density at radius 1 is 1.50 bits per heavy atom. The molecule has 0 spiro atoms. The van der Waals surface area contributed by atoms with Crippen LogP contribution in [0.3, 0.4) is 0 Å². The SMILES string of the molecule is CCCC(CC(=O)OCC)NC1CC1. The average Bonchev–Trinajstić information content (AvgIpc) is 2.89. The summed E-state index contributed by atoms with van der Waals surface area (Å²) in [6.45, 7) is 4.48. The number of nitrogens with one attached hydrogen (secondary N) is 1. The molecule has 0 heterocycles. The third-order valence-electron chi connectivity index (χ3n) is 2.40. The van der Waals surface area contributed by atoms with Gasteiger partial charge in [-0.1, -0.05) is 13.3 Å². The molecule has 1 aliphatic rings. The molecule has 82 valence electrons. The van der Waals surface area contributed by atoms with Gasteiger partial charge >= 0.3 is 5.97 Å². The van der Waals surface area contributed by atoms with Gasteiger partial charge in [0.15, 0.2) is 0 Å². The van der Waals surface area contributed by atoms with E-state index in [1.165, 1.54) is 12.8 Å². The maximum absolute atomic E-state index is 11.3. The molecule has 0 aliphatic heterocycles. The number of esters is 1. The van der Waals surface area contributed by atoms with Gasteiger partial charge in [-0.05, 0) is 26.2 Å². The fourth-order valence-electron chi connectivity index (χ4n) is 1.60. The first-order chi connectivity index (χ1) is 6.76. The third kappa shape index (κ3) is 4.61. The second-order valence-corrected chi connectivity index (χ2v) is 3.94. The molecular formula is C11H21NO2. The van der Waals surface area contributed by atoms with Crippen molar-refractivity contribution in [1.29, 1.82) is 0 Å². The van der Waals surface area contributed by atoms with Crippen LogP contribution in [0.5, 0.6) is 0 Å². The van der Waals surface area contributed by atoms with Crippen LogP contribution in [-0.2, 0) is 9.53 Å². The molecule has 0 aromatic heterocycles. The molecule has 14 heavy (non-hydrogen) atoms. The molecule has 0 bridgehead atoms.